The second kappa shape index (κ2) is 23.9. The predicted octanol–water partition coefficient (Wildman–Crippen LogP) is -1.39. The van der Waals surface area contributed by atoms with Gasteiger partial charge >= 0.3 is 103 Å². The molecule has 0 radical (unpaired) electrons. The third-order valence-corrected chi connectivity index (χ3v) is 5.05. The summed E-state index contributed by atoms with van der Waals surface area (Å²) >= 11 is 5.22. The second-order valence-corrected chi connectivity index (χ2v) is 8.21. The van der Waals surface area contributed by atoms with Gasteiger partial charge in [-0.3, -0.25) is 14.4 Å². The molecular weight excluding hydrogens is 598 g/mol. The number of halogens is 1. The van der Waals surface area contributed by atoms with E-state index in [1.807, 2.05) is 62.4 Å². The van der Waals surface area contributed by atoms with Crippen molar-refractivity contribution in [1.29, 1.82) is 0 Å². The monoisotopic (exact) mass is 628 g/mol. The molecule has 12 heteroatoms. The van der Waals surface area contributed by atoms with E-state index in [-0.39, 0.29) is 117 Å². The molecule has 4 aromatic rings. The zero-order valence-corrected chi connectivity index (χ0v) is 30.5. The number of carbonyl (C=O) groups excluding carboxylic acids is 3. The van der Waals surface area contributed by atoms with E-state index in [2.05, 4.69) is 10.2 Å². The summed E-state index contributed by atoms with van der Waals surface area (Å²) in [6, 6.07) is 29.0. The maximum Gasteiger partial charge on any atom is 1.00 e. The van der Waals surface area contributed by atoms with Crippen molar-refractivity contribution in [2.75, 3.05) is 22.5 Å². The van der Waals surface area contributed by atoms with Crippen LogP contribution in [0, 0.1) is 13.8 Å². The van der Waals surface area contributed by atoms with E-state index in [0.29, 0.717) is 33.9 Å². The summed E-state index contributed by atoms with van der Waals surface area (Å²) in [5, 5.41) is 10.8. The number of anilines is 4. The minimum atomic E-state index is -0.403. The first-order valence-corrected chi connectivity index (χ1v) is 11.8. The quantitative estimate of drug-likeness (QED) is 0.0534. The fourth-order valence-electron chi connectivity index (χ4n) is 2.71. The van der Waals surface area contributed by atoms with Crippen LogP contribution in [0.1, 0.15) is 33.3 Å². The zero-order chi connectivity index (χ0) is 29.2. The van der Waals surface area contributed by atoms with E-state index in [1.54, 1.807) is 48.5 Å². The third-order valence-electron chi connectivity index (χ3n) is 4.84. The average molecular weight is 629 g/mol. The van der Waals surface area contributed by atoms with E-state index in [0.717, 1.165) is 11.1 Å². The van der Waals surface area contributed by atoms with Gasteiger partial charge in [0.15, 0.2) is 0 Å². The number of benzene rings is 4. The van der Waals surface area contributed by atoms with Crippen LogP contribution >= 0.6 is 11.6 Å². The van der Waals surface area contributed by atoms with Crippen LogP contribution in [0.4, 0.5) is 22.7 Å². The molecule has 0 saturated heterocycles. The van der Waals surface area contributed by atoms with Gasteiger partial charge in [-0.1, -0.05) is 59.7 Å². The second-order valence-electron chi connectivity index (χ2n) is 7.87. The van der Waals surface area contributed by atoms with Gasteiger partial charge < -0.3 is 34.1 Å². The van der Waals surface area contributed by atoms with Crippen LogP contribution in [0.5, 0.6) is 0 Å². The number of rotatable bonds is 4. The van der Waals surface area contributed by atoms with Crippen LogP contribution in [0.15, 0.2) is 97.1 Å². The summed E-state index contributed by atoms with van der Waals surface area (Å²) in [6.07, 6.45) is 0. The number of hydrogen-bond donors (Lipinski definition) is 4. The Morgan fingerprint density at radius 1 is 0.732 bits per heavy atom. The molecule has 0 saturated carbocycles. The molecule has 0 unspecified atom stereocenters. The Labute approximate surface area is 331 Å². The van der Waals surface area contributed by atoms with Gasteiger partial charge in [0.2, 0.25) is 0 Å². The number of nitrogens with one attached hydrogen (secondary N) is 1. The Morgan fingerprint density at radius 3 is 1.44 bits per heavy atom. The molecule has 4 rings (SSSR count). The maximum absolute atomic E-state index is 11.9. The Hall–Kier alpha value is -1.59. The molecule has 7 N–H and O–H groups in total. The molecule has 0 fully saturated rings. The summed E-state index contributed by atoms with van der Waals surface area (Å²) in [5.74, 6) is -0.150. The minimum Gasteiger partial charge on any atom is -1.00 e. The summed E-state index contributed by atoms with van der Waals surface area (Å²) in [4.78, 5) is 33.7. The van der Waals surface area contributed by atoms with Gasteiger partial charge in [-0.15, -0.1) is 0 Å². The molecule has 4 aromatic carbocycles. The van der Waals surface area contributed by atoms with Crippen LogP contribution in [-0.4, -0.2) is 17.6 Å². The summed E-state index contributed by atoms with van der Waals surface area (Å²) in [7, 11) is 0. The van der Waals surface area contributed by atoms with Gasteiger partial charge in [0.1, 0.15) is 0 Å². The van der Waals surface area contributed by atoms with E-state index in [1.165, 1.54) is 0 Å². The minimum absolute atomic E-state index is 0. The van der Waals surface area contributed by atoms with Crippen LogP contribution in [0.25, 0.3) is 0 Å². The molecule has 9 nitrogen and oxygen atoms in total. The predicted molar refractivity (Wildman–Crippen MR) is 155 cm³/mol. The Kier molecular flexibility index (Phi) is 24.2. The van der Waals surface area contributed by atoms with Gasteiger partial charge in [-0.05, 0) is 74.0 Å². The van der Waals surface area contributed by atoms with E-state index < -0.39 is 5.24 Å². The number of amides is 1. The van der Waals surface area contributed by atoms with Crippen molar-refractivity contribution in [2.45, 2.75) is 13.8 Å². The first-order valence-electron chi connectivity index (χ1n) is 11.4. The van der Waals surface area contributed by atoms with Gasteiger partial charge in [-0.2, -0.15) is 0 Å². The zero-order valence-electron chi connectivity index (χ0n) is 24.5. The molecule has 0 heterocycles. The molecule has 0 aliphatic rings. The topological polar surface area (TPSA) is 174 Å². The Morgan fingerprint density at radius 2 is 1.10 bits per heavy atom. The van der Waals surface area contributed by atoms with Crippen molar-refractivity contribution in [3.8, 4) is 0 Å². The van der Waals surface area contributed by atoms with E-state index in [9.17, 15) is 9.59 Å². The SMILES string of the molecule is Cc1ccc(C(=O)Cl)cc1.Cc1ccc(C(=O)Nc2ccccc2N)cc1.Nc1ccccc1N.O=CO[O-].[H-].[K+].[K+]. The molecule has 0 aliphatic heterocycles. The first kappa shape index (κ1) is 41.5. The van der Waals surface area contributed by atoms with Gasteiger partial charge in [0.05, 0.1) is 22.7 Å². The van der Waals surface area contributed by atoms with Gasteiger partial charge in [0, 0.05) is 11.1 Å². The van der Waals surface area contributed by atoms with Crippen LogP contribution in [0.2, 0.25) is 0 Å². The van der Waals surface area contributed by atoms with Crippen LogP contribution in [-0.2, 0) is 9.68 Å². The van der Waals surface area contributed by atoms with Crippen molar-refractivity contribution in [3.05, 3.63) is 119 Å². The Bertz CT molecular complexity index is 1330. The molecule has 206 valence electrons. The van der Waals surface area contributed by atoms with Crippen molar-refractivity contribution < 1.29 is 129 Å². The van der Waals surface area contributed by atoms with Gasteiger partial charge in [0.25, 0.3) is 17.6 Å². The van der Waals surface area contributed by atoms with E-state index in [4.69, 9.17) is 38.9 Å². The molecule has 0 bridgehead atoms. The smallest absolute Gasteiger partial charge is 1.00 e. The molecule has 0 spiro atoms. The maximum atomic E-state index is 11.9. The largest absolute Gasteiger partial charge is 1.00 e. The molecular formula is C29H31ClK2N4O5. The third kappa shape index (κ3) is 17.9. The number of nitrogen functional groups attached to an aromatic ring is 3. The molecule has 41 heavy (non-hydrogen) atoms. The van der Waals surface area contributed by atoms with E-state index >= 15 is 0 Å². The van der Waals surface area contributed by atoms with Crippen molar-refractivity contribution >= 4 is 52.0 Å². The number of aryl methyl sites for hydroxylation is 2. The van der Waals surface area contributed by atoms with Crippen LogP contribution < -0.4 is 131 Å². The fraction of sp³-hybridized carbons (Fsp3) is 0.0690. The van der Waals surface area contributed by atoms with Gasteiger partial charge in [-0.25, -0.2) is 0 Å². The number of para-hydroxylation sites is 4. The van der Waals surface area contributed by atoms with Crippen molar-refractivity contribution in [3.63, 3.8) is 0 Å². The normalized spacial score (nSPS) is 8.68. The number of nitrogens with two attached hydrogens (primary N) is 3. The number of hydrogen-bond acceptors (Lipinski definition) is 8. The Balaban J connectivity index is -0.000000525. The van der Waals surface area contributed by atoms with Crippen LogP contribution in [0.3, 0.4) is 0 Å². The molecule has 1 amide bonds. The molecule has 0 aliphatic carbocycles. The number of carbonyl (C=O) groups is 3. The summed E-state index contributed by atoms with van der Waals surface area (Å²) in [5.41, 5.74) is 22.5. The summed E-state index contributed by atoms with van der Waals surface area (Å²) < 4.78 is 0. The first-order chi connectivity index (χ1) is 18.6. The van der Waals surface area contributed by atoms with Crippen molar-refractivity contribution in [1.82, 2.24) is 0 Å². The standard InChI is InChI=1S/C14H14N2O.C8H7ClO.C6H8N2.CH2O3.2K.H/c1-10-6-8-11(9-7-10)14(17)16-13-5-3-2-4-12(13)15;1-6-2-4-7(5-3-6)8(9)10;7-5-3-1-2-4-6(5)8;2-1-4-3;;;/h2-9H,15H2,1H3,(H,16,17);2-5H,1H3;1-4H,7-8H2;1,3H;;;/q;;;;2*+1;-1/p-1. The van der Waals surface area contributed by atoms with Crippen molar-refractivity contribution in [2.24, 2.45) is 0 Å². The molecule has 0 aromatic heterocycles. The fourth-order valence-corrected chi connectivity index (χ4v) is 2.83. The molecule has 0 atom stereocenters. The average Bonchev–Trinajstić information content (AvgIpc) is 2.93. The summed E-state index contributed by atoms with van der Waals surface area (Å²) in [6.45, 7) is 3.76.